The zero-order valence-corrected chi connectivity index (χ0v) is 21.8. The number of rotatable bonds is 10. The predicted molar refractivity (Wildman–Crippen MR) is 143 cm³/mol. The van der Waals surface area contributed by atoms with E-state index >= 15 is 0 Å². The largest absolute Gasteiger partial charge is 0.497 e. The Labute approximate surface area is 210 Å². The van der Waals surface area contributed by atoms with Crippen molar-refractivity contribution in [2.24, 2.45) is 0 Å². The molecule has 2 atom stereocenters. The van der Waals surface area contributed by atoms with E-state index in [0.717, 1.165) is 43.3 Å². The highest BCUT2D eigenvalue weighted by atomic mass is 16.5. The summed E-state index contributed by atoms with van der Waals surface area (Å²) in [5.41, 5.74) is 3.56. The van der Waals surface area contributed by atoms with Crippen LogP contribution in [0.1, 0.15) is 62.6 Å². The number of fused-ring (bicyclic) bond motifs is 1. The molecule has 0 spiro atoms. The van der Waals surface area contributed by atoms with Crippen LogP contribution in [0, 0.1) is 0 Å². The molecule has 1 heterocycles. The molecule has 0 radical (unpaired) electrons. The lowest BCUT2D eigenvalue weighted by Crippen LogP contribution is -2.36. The lowest BCUT2D eigenvalue weighted by atomic mass is 9.71. The minimum atomic E-state index is -0.273. The molecule has 0 fully saturated rings. The van der Waals surface area contributed by atoms with Gasteiger partial charge in [0.25, 0.3) is 0 Å². The summed E-state index contributed by atoms with van der Waals surface area (Å²) < 4.78 is 18.0. The first-order valence-corrected chi connectivity index (χ1v) is 12.8. The van der Waals surface area contributed by atoms with E-state index in [2.05, 4.69) is 93.3 Å². The van der Waals surface area contributed by atoms with Gasteiger partial charge in [0.05, 0.1) is 7.11 Å². The Morgan fingerprint density at radius 2 is 1.57 bits per heavy atom. The summed E-state index contributed by atoms with van der Waals surface area (Å²) in [6.07, 6.45) is 0.925. The minimum Gasteiger partial charge on any atom is -0.497 e. The number of ether oxygens (including phenoxy) is 3. The fourth-order valence-corrected chi connectivity index (χ4v) is 5.23. The Balaban J connectivity index is 1.66. The van der Waals surface area contributed by atoms with Crippen molar-refractivity contribution < 1.29 is 14.2 Å². The fraction of sp³-hybridized carbons (Fsp3) is 0.419. The molecule has 1 aliphatic rings. The standard InChI is InChI=1S/C31H39NO3/c1-6-32(7-2)19-20-34-25-15-13-24(14-16-25)30(23-11-9-8-10-12-23)28-22-31(3,4)35-29-21-26(33-5)17-18-27(28)29/h8-18,21,28,30H,6-7,19-20,22H2,1-5H3. The highest BCUT2D eigenvalue weighted by Crippen LogP contribution is 2.50. The molecular weight excluding hydrogens is 434 g/mol. The van der Waals surface area contributed by atoms with Crippen LogP contribution in [0.2, 0.25) is 0 Å². The van der Waals surface area contributed by atoms with Crippen molar-refractivity contribution in [3.8, 4) is 17.2 Å². The van der Waals surface area contributed by atoms with Gasteiger partial charge in [0, 0.05) is 24.4 Å². The maximum atomic E-state index is 6.41. The Morgan fingerprint density at radius 3 is 2.23 bits per heavy atom. The molecule has 0 amide bonds. The van der Waals surface area contributed by atoms with Gasteiger partial charge >= 0.3 is 0 Å². The lowest BCUT2D eigenvalue weighted by molar-refractivity contribution is 0.0689. The van der Waals surface area contributed by atoms with Crippen molar-refractivity contribution in [3.63, 3.8) is 0 Å². The summed E-state index contributed by atoms with van der Waals surface area (Å²) in [5, 5.41) is 0. The van der Waals surface area contributed by atoms with Crippen molar-refractivity contribution in [2.45, 2.75) is 51.6 Å². The molecule has 4 nitrogen and oxygen atoms in total. The van der Waals surface area contributed by atoms with E-state index in [0.29, 0.717) is 6.61 Å². The lowest BCUT2D eigenvalue weighted by Gasteiger charge is -2.41. The number of hydrogen-bond donors (Lipinski definition) is 0. The zero-order valence-electron chi connectivity index (χ0n) is 21.8. The summed E-state index contributed by atoms with van der Waals surface area (Å²) >= 11 is 0. The molecular formula is C31H39NO3. The van der Waals surface area contributed by atoms with Crippen molar-refractivity contribution in [3.05, 3.63) is 89.5 Å². The van der Waals surface area contributed by atoms with Gasteiger partial charge < -0.3 is 19.1 Å². The van der Waals surface area contributed by atoms with Crippen molar-refractivity contribution in [1.82, 2.24) is 4.90 Å². The van der Waals surface area contributed by atoms with Gasteiger partial charge in [-0.05, 0) is 68.2 Å². The third kappa shape index (κ3) is 5.99. The first-order chi connectivity index (χ1) is 16.9. The number of nitrogens with zero attached hydrogens (tertiary/aromatic N) is 1. The maximum Gasteiger partial charge on any atom is 0.127 e. The van der Waals surface area contributed by atoms with Crippen LogP contribution in [0.25, 0.3) is 0 Å². The van der Waals surface area contributed by atoms with Crippen LogP contribution in [-0.4, -0.2) is 43.9 Å². The van der Waals surface area contributed by atoms with Gasteiger partial charge in [-0.1, -0.05) is 62.4 Å². The van der Waals surface area contributed by atoms with Gasteiger partial charge in [0.2, 0.25) is 0 Å². The molecule has 0 N–H and O–H groups in total. The molecule has 35 heavy (non-hydrogen) atoms. The molecule has 3 aromatic carbocycles. The Hall–Kier alpha value is -2.98. The van der Waals surface area contributed by atoms with Crippen LogP contribution >= 0.6 is 0 Å². The van der Waals surface area contributed by atoms with E-state index in [4.69, 9.17) is 14.2 Å². The Bertz CT molecular complexity index is 1070. The average molecular weight is 474 g/mol. The van der Waals surface area contributed by atoms with Crippen LogP contribution in [0.5, 0.6) is 17.2 Å². The molecule has 4 rings (SSSR count). The van der Waals surface area contributed by atoms with E-state index in [1.807, 2.05) is 12.1 Å². The summed E-state index contributed by atoms with van der Waals surface area (Å²) in [6.45, 7) is 12.5. The number of likely N-dealkylation sites (N-methyl/N-ethyl adjacent to an activating group) is 1. The molecule has 1 aliphatic heterocycles. The smallest absolute Gasteiger partial charge is 0.127 e. The van der Waals surface area contributed by atoms with E-state index < -0.39 is 0 Å². The Kier molecular flexibility index (Phi) is 8.02. The van der Waals surface area contributed by atoms with Crippen LogP contribution < -0.4 is 14.2 Å². The van der Waals surface area contributed by atoms with E-state index in [1.165, 1.54) is 16.7 Å². The van der Waals surface area contributed by atoms with Gasteiger partial charge in [0.15, 0.2) is 0 Å². The molecule has 0 saturated heterocycles. The highest BCUT2D eigenvalue weighted by molar-refractivity contribution is 5.49. The quantitative estimate of drug-likeness (QED) is 0.321. The molecule has 4 heteroatoms. The van der Waals surface area contributed by atoms with Crippen LogP contribution in [0.3, 0.4) is 0 Å². The molecule has 0 aliphatic carbocycles. The van der Waals surface area contributed by atoms with Gasteiger partial charge in [-0.25, -0.2) is 0 Å². The van der Waals surface area contributed by atoms with Gasteiger partial charge in [-0.3, -0.25) is 0 Å². The second-order valence-electron chi connectivity index (χ2n) is 9.91. The summed E-state index contributed by atoms with van der Waals surface area (Å²) in [5.74, 6) is 3.14. The Morgan fingerprint density at radius 1 is 0.914 bits per heavy atom. The van der Waals surface area contributed by atoms with Crippen molar-refractivity contribution in [1.29, 1.82) is 0 Å². The minimum absolute atomic E-state index is 0.205. The summed E-state index contributed by atoms with van der Waals surface area (Å²) in [6, 6.07) is 25.8. The second-order valence-corrected chi connectivity index (χ2v) is 9.91. The number of benzene rings is 3. The molecule has 3 aromatic rings. The third-order valence-electron chi connectivity index (χ3n) is 7.09. The molecule has 0 bridgehead atoms. The van der Waals surface area contributed by atoms with Gasteiger partial charge in [-0.15, -0.1) is 0 Å². The van der Waals surface area contributed by atoms with Crippen LogP contribution in [0.4, 0.5) is 0 Å². The van der Waals surface area contributed by atoms with Gasteiger partial charge in [0.1, 0.15) is 29.5 Å². The first-order valence-electron chi connectivity index (χ1n) is 12.8. The SMILES string of the molecule is CCN(CC)CCOc1ccc(C(c2ccccc2)C2CC(C)(C)Oc3cc(OC)ccc32)cc1. The molecule has 186 valence electrons. The highest BCUT2D eigenvalue weighted by Gasteiger charge is 2.39. The van der Waals surface area contributed by atoms with E-state index in [1.54, 1.807) is 7.11 Å². The second kappa shape index (κ2) is 11.2. The van der Waals surface area contributed by atoms with Crippen molar-refractivity contribution in [2.75, 3.05) is 33.4 Å². The fourth-order valence-electron chi connectivity index (χ4n) is 5.23. The normalized spacial score (nSPS) is 17.4. The van der Waals surface area contributed by atoms with Crippen LogP contribution in [-0.2, 0) is 0 Å². The first kappa shape index (κ1) is 25.1. The van der Waals surface area contributed by atoms with E-state index in [-0.39, 0.29) is 17.4 Å². The third-order valence-corrected chi connectivity index (χ3v) is 7.09. The predicted octanol–water partition coefficient (Wildman–Crippen LogP) is 6.89. The zero-order chi connectivity index (χ0) is 24.8. The number of methoxy groups -OCH3 is 1. The average Bonchev–Trinajstić information content (AvgIpc) is 2.87. The summed E-state index contributed by atoms with van der Waals surface area (Å²) in [7, 11) is 1.70. The molecule has 0 aromatic heterocycles. The molecule has 2 unspecified atom stereocenters. The monoisotopic (exact) mass is 473 g/mol. The van der Waals surface area contributed by atoms with Crippen molar-refractivity contribution >= 4 is 0 Å². The molecule has 0 saturated carbocycles. The van der Waals surface area contributed by atoms with E-state index in [9.17, 15) is 0 Å². The van der Waals surface area contributed by atoms with Crippen LogP contribution in [0.15, 0.2) is 72.8 Å². The number of hydrogen-bond acceptors (Lipinski definition) is 4. The summed E-state index contributed by atoms with van der Waals surface area (Å²) in [4.78, 5) is 2.37. The topological polar surface area (TPSA) is 30.9 Å². The maximum absolute atomic E-state index is 6.41. The van der Waals surface area contributed by atoms with Gasteiger partial charge in [-0.2, -0.15) is 0 Å².